The fraction of sp³-hybridized carbons (Fsp3) is 0.833. The first-order chi connectivity index (χ1) is 8.16. The molecule has 0 spiro atoms. The molecule has 0 unspecified atom stereocenters. The van der Waals surface area contributed by atoms with Crippen LogP contribution < -0.4 is 5.32 Å². The van der Waals surface area contributed by atoms with Crippen LogP contribution in [0.3, 0.4) is 0 Å². The van der Waals surface area contributed by atoms with Gasteiger partial charge in [0, 0.05) is 13.0 Å². The average Bonchev–Trinajstić information content (AvgIpc) is 2.51. The van der Waals surface area contributed by atoms with Gasteiger partial charge in [0.15, 0.2) is 0 Å². The molecule has 0 aromatic heterocycles. The smallest absolute Gasteiger partial charge is 0.265 e. The molecular formula is C12H24N3O2+. The summed E-state index contributed by atoms with van der Waals surface area (Å²) in [5, 5.41) is 13.6. The Hall–Kier alpha value is -1.10. The molecule has 2 N–H and O–H groups in total. The number of oxime groups is 1. The number of quaternary nitrogens is 1. The normalized spacial score (nSPS) is 20.1. The summed E-state index contributed by atoms with van der Waals surface area (Å²) < 4.78 is 1.13. The molecule has 1 aliphatic heterocycles. The van der Waals surface area contributed by atoms with E-state index >= 15 is 0 Å². The van der Waals surface area contributed by atoms with Gasteiger partial charge in [0.2, 0.25) is 0 Å². The van der Waals surface area contributed by atoms with Gasteiger partial charge in [0.1, 0.15) is 6.21 Å². The van der Waals surface area contributed by atoms with Crippen LogP contribution in [-0.2, 0) is 4.79 Å². The number of likely N-dealkylation sites (tertiary alicyclic amines) is 1. The molecule has 0 aromatic rings. The summed E-state index contributed by atoms with van der Waals surface area (Å²) in [4.78, 5) is 11.0. The second-order valence-corrected chi connectivity index (χ2v) is 5.09. The number of carbonyl (C=O) groups excluding carboxylic acids is 1. The highest BCUT2D eigenvalue weighted by Crippen LogP contribution is 2.16. The van der Waals surface area contributed by atoms with Crippen LogP contribution in [0.2, 0.25) is 0 Å². The van der Waals surface area contributed by atoms with Gasteiger partial charge >= 0.3 is 0 Å². The second-order valence-electron chi connectivity index (χ2n) is 5.09. The standard InChI is InChI=1S/C12H23N3O2/c1-15(8-4-2-3-5-9-15)10-6-7-13-12(16)11-14-17/h11H,2-10H2,1H3,(H-,13,16,17)/p+1. The fourth-order valence-corrected chi connectivity index (χ4v) is 2.45. The van der Waals surface area contributed by atoms with E-state index in [2.05, 4.69) is 17.5 Å². The zero-order valence-electron chi connectivity index (χ0n) is 10.7. The maximum atomic E-state index is 11.0. The lowest BCUT2D eigenvalue weighted by molar-refractivity contribution is -0.908. The molecule has 1 heterocycles. The van der Waals surface area contributed by atoms with Crippen molar-refractivity contribution in [1.82, 2.24) is 5.32 Å². The van der Waals surface area contributed by atoms with Crippen LogP contribution in [0.4, 0.5) is 0 Å². The van der Waals surface area contributed by atoms with E-state index in [1.54, 1.807) is 0 Å². The second kappa shape index (κ2) is 7.27. The molecule has 1 amide bonds. The lowest BCUT2D eigenvalue weighted by atomic mass is 10.2. The van der Waals surface area contributed by atoms with Crippen molar-refractivity contribution in [2.24, 2.45) is 5.16 Å². The summed E-state index contributed by atoms with van der Waals surface area (Å²) in [5.74, 6) is -0.328. The summed E-state index contributed by atoms with van der Waals surface area (Å²) >= 11 is 0. The highest BCUT2D eigenvalue weighted by Gasteiger charge is 2.22. The molecule has 5 heteroatoms. The van der Waals surface area contributed by atoms with Crippen molar-refractivity contribution < 1.29 is 14.5 Å². The third-order valence-corrected chi connectivity index (χ3v) is 3.49. The minimum atomic E-state index is -0.328. The van der Waals surface area contributed by atoms with Gasteiger partial charge < -0.3 is 15.0 Å². The Morgan fingerprint density at radius 1 is 1.35 bits per heavy atom. The third kappa shape index (κ3) is 5.68. The molecule has 0 atom stereocenters. The first kappa shape index (κ1) is 14.0. The molecule has 0 radical (unpaired) electrons. The molecule has 0 aromatic carbocycles. The molecular weight excluding hydrogens is 218 g/mol. The Balaban J connectivity index is 2.18. The van der Waals surface area contributed by atoms with Crippen LogP contribution in [0.15, 0.2) is 5.16 Å². The van der Waals surface area contributed by atoms with Crippen molar-refractivity contribution in [2.75, 3.05) is 33.2 Å². The van der Waals surface area contributed by atoms with Gasteiger partial charge in [-0.05, 0) is 25.7 Å². The summed E-state index contributed by atoms with van der Waals surface area (Å²) in [6, 6.07) is 0. The van der Waals surface area contributed by atoms with Crippen LogP contribution in [0.25, 0.3) is 0 Å². The summed E-state index contributed by atoms with van der Waals surface area (Å²) in [7, 11) is 2.31. The first-order valence-electron chi connectivity index (χ1n) is 6.45. The van der Waals surface area contributed by atoms with E-state index in [1.165, 1.54) is 38.8 Å². The van der Waals surface area contributed by atoms with Crippen molar-refractivity contribution in [3.63, 3.8) is 0 Å². The SMILES string of the molecule is C[N+]1(CCCNC(=O)/C=N\O)CCCCCC1. The van der Waals surface area contributed by atoms with E-state index in [-0.39, 0.29) is 5.91 Å². The first-order valence-corrected chi connectivity index (χ1v) is 6.45. The lowest BCUT2D eigenvalue weighted by Crippen LogP contribution is -2.46. The predicted octanol–water partition coefficient (Wildman–Crippen LogP) is 0.973. The van der Waals surface area contributed by atoms with Gasteiger partial charge in [-0.3, -0.25) is 4.79 Å². The highest BCUT2D eigenvalue weighted by atomic mass is 16.4. The van der Waals surface area contributed by atoms with Crippen LogP contribution in [0.1, 0.15) is 32.1 Å². The van der Waals surface area contributed by atoms with Crippen molar-refractivity contribution in [1.29, 1.82) is 0 Å². The number of carbonyl (C=O) groups is 1. The summed E-state index contributed by atoms with van der Waals surface area (Å²) in [6.45, 7) is 4.27. The van der Waals surface area contributed by atoms with E-state index in [9.17, 15) is 4.79 Å². The molecule has 0 aliphatic carbocycles. The lowest BCUT2D eigenvalue weighted by Gasteiger charge is -2.33. The number of rotatable bonds is 5. The van der Waals surface area contributed by atoms with Gasteiger partial charge in [0.25, 0.3) is 5.91 Å². The number of amides is 1. The fourth-order valence-electron chi connectivity index (χ4n) is 2.45. The Morgan fingerprint density at radius 3 is 2.59 bits per heavy atom. The number of hydrogen-bond donors (Lipinski definition) is 2. The largest absolute Gasteiger partial charge is 0.411 e. The number of nitrogens with one attached hydrogen (secondary N) is 1. The van der Waals surface area contributed by atoms with Gasteiger partial charge in [-0.1, -0.05) is 5.16 Å². The Kier molecular flexibility index (Phi) is 5.97. The van der Waals surface area contributed by atoms with Gasteiger partial charge in [0.05, 0.1) is 26.7 Å². The molecule has 1 rings (SSSR count). The molecule has 5 nitrogen and oxygen atoms in total. The molecule has 98 valence electrons. The van der Waals surface area contributed by atoms with E-state index < -0.39 is 0 Å². The van der Waals surface area contributed by atoms with E-state index in [1.807, 2.05) is 0 Å². The van der Waals surface area contributed by atoms with Crippen molar-refractivity contribution in [3.05, 3.63) is 0 Å². The number of nitrogens with zero attached hydrogens (tertiary/aromatic N) is 2. The van der Waals surface area contributed by atoms with E-state index in [0.29, 0.717) is 6.54 Å². The Bertz CT molecular complexity index is 258. The summed E-state index contributed by atoms with van der Waals surface area (Å²) in [5.41, 5.74) is 0. The van der Waals surface area contributed by atoms with Gasteiger partial charge in [-0.15, -0.1) is 0 Å². The Labute approximate surface area is 103 Å². The molecule has 17 heavy (non-hydrogen) atoms. The minimum absolute atomic E-state index is 0.328. The Morgan fingerprint density at radius 2 is 2.00 bits per heavy atom. The van der Waals surface area contributed by atoms with Crippen molar-refractivity contribution >= 4 is 12.1 Å². The third-order valence-electron chi connectivity index (χ3n) is 3.49. The zero-order valence-corrected chi connectivity index (χ0v) is 10.7. The molecule has 1 aliphatic rings. The maximum Gasteiger partial charge on any atom is 0.265 e. The van der Waals surface area contributed by atoms with Crippen LogP contribution in [-0.4, -0.2) is 55.0 Å². The predicted molar refractivity (Wildman–Crippen MR) is 67.2 cm³/mol. The van der Waals surface area contributed by atoms with Crippen molar-refractivity contribution in [3.8, 4) is 0 Å². The van der Waals surface area contributed by atoms with Gasteiger partial charge in [-0.2, -0.15) is 0 Å². The monoisotopic (exact) mass is 242 g/mol. The minimum Gasteiger partial charge on any atom is -0.411 e. The van der Waals surface area contributed by atoms with E-state index in [4.69, 9.17) is 5.21 Å². The molecule has 0 bridgehead atoms. The van der Waals surface area contributed by atoms with Crippen LogP contribution in [0, 0.1) is 0 Å². The molecule has 0 saturated carbocycles. The number of hydrogen-bond acceptors (Lipinski definition) is 3. The zero-order chi connectivity index (χ0) is 12.6. The highest BCUT2D eigenvalue weighted by molar-refractivity contribution is 6.25. The molecule has 1 fully saturated rings. The van der Waals surface area contributed by atoms with Crippen molar-refractivity contribution in [2.45, 2.75) is 32.1 Å². The summed E-state index contributed by atoms with van der Waals surface area (Å²) in [6.07, 6.45) is 7.22. The maximum absolute atomic E-state index is 11.0. The van der Waals surface area contributed by atoms with Crippen LogP contribution in [0.5, 0.6) is 0 Å². The van der Waals surface area contributed by atoms with E-state index in [0.717, 1.165) is 23.7 Å². The average molecular weight is 242 g/mol. The molecule has 1 saturated heterocycles. The quantitative estimate of drug-likeness (QED) is 0.248. The topological polar surface area (TPSA) is 61.7 Å². The van der Waals surface area contributed by atoms with Crippen LogP contribution >= 0.6 is 0 Å². The van der Waals surface area contributed by atoms with Gasteiger partial charge in [-0.25, -0.2) is 0 Å².